The third-order valence-corrected chi connectivity index (χ3v) is 5.38. The first kappa shape index (κ1) is 21.3. The summed E-state index contributed by atoms with van der Waals surface area (Å²) in [5.41, 5.74) is 3.50. The quantitative estimate of drug-likeness (QED) is 0.552. The molecule has 1 fully saturated rings. The second-order valence-electron chi connectivity index (χ2n) is 7.58. The fourth-order valence-electron chi connectivity index (χ4n) is 3.68. The van der Waals surface area contributed by atoms with Crippen molar-refractivity contribution in [2.24, 2.45) is 0 Å². The second kappa shape index (κ2) is 9.89. The predicted octanol–water partition coefficient (Wildman–Crippen LogP) is 3.49. The van der Waals surface area contributed by atoms with Crippen LogP contribution in [0.2, 0.25) is 0 Å². The molecule has 4 rings (SSSR count). The Balaban J connectivity index is 1.49. The largest absolute Gasteiger partial charge is 0.493 e. The average molecular weight is 424 g/mol. The van der Waals surface area contributed by atoms with E-state index >= 15 is 0 Å². The zero-order valence-electron chi connectivity index (χ0n) is 18.4. The monoisotopic (exact) mass is 423 g/mol. The standard InChI is InChI=1S/C23H29N5O3/c1-16-21(15-25-17(2)26-16)27-19-5-6-24-20-14-23(22(29-3)13-18(19)20)31-10-4-7-28-8-11-30-12-9-28/h5-6,13-15H,4,7-12H2,1-3H3,(H,24,27). The van der Waals surface area contributed by atoms with Crippen LogP contribution in [-0.2, 0) is 4.74 Å². The number of hydrogen-bond acceptors (Lipinski definition) is 8. The number of pyridine rings is 1. The van der Waals surface area contributed by atoms with Crippen LogP contribution in [0.5, 0.6) is 11.5 Å². The fourth-order valence-corrected chi connectivity index (χ4v) is 3.68. The Bertz CT molecular complexity index is 1040. The van der Waals surface area contributed by atoms with Crippen LogP contribution in [0.15, 0.2) is 30.6 Å². The van der Waals surface area contributed by atoms with E-state index in [0.717, 1.165) is 73.1 Å². The molecule has 1 saturated heterocycles. The number of anilines is 2. The molecule has 3 aromatic rings. The van der Waals surface area contributed by atoms with E-state index in [-0.39, 0.29) is 0 Å². The molecule has 31 heavy (non-hydrogen) atoms. The molecule has 0 atom stereocenters. The summed E-state index contributed by atoms with van der Waals surface area (Å²) in [4.78, 5) is 15.7. The first-order valence-electron chi connectivity index (χ1n) is 10.6. The van der Waals surface area contributed by atoms with E-state index in [1.807, 2.05) is 32.0 Å². The van der Waals surface area contributed by atoms with E-state index in [2.05, 4.69) is 25.2 Å². The molecule has 0 bridgehead atoms. The van der Waals surface area contributed by atoms with E-state index in [9.17, 15) is 0 Å². The maximum Gasteiger partial charge on any atom is 0.163 e. The number of benzene rings is 1. The molecule has 1 N–H and O–H groups in total. The van der Waals surface area contributed by atoms with Crippen molar-refractivity contribution in [3.05, 3.63) is 42.1 Å². The fraction of sp³-hybridized carbons (Fsp3) is 0.435. The Labute approximate surface area is 182 Å². The minimum atomic E-state index is 0.622. The lowest BCUT2D eigenvalue weighted by Crippen LogP contribution is -2.37. The second-order valence-corrected chi connectivity index (χ2v) is 7.58. The molecule has 0 spiro atoms. The van der Waals surface area contributed by atoms with Gasteiger partial charge in [-0.05, 0) is 32.4 Å². The summed E-state index contributed by atoms with van der Waals surface area (Å²) in [6, 6.07) is 5.84. The summed E-state index contributed by atoms with van der Waals surface area (Å²) < 4.78 is 17.1. The lowest BCUT2D eigenvalue weighted by Gasteiger charge is -2.26. The molecule has 164 valence electrons. The molecular formula is C23H29N5O3. The highest BCUT2D eigenvalue weighted by atomic mass is 16.5. The van der Waals surface area contributed by atoms with Gasteiger partial charge in [0.1, 0.15) is 5.82 Å². The van der Waals surface area contributed by atoms with Crippen molar-refractivity contribution in [1.82, 2.24) is 19.9 Å². The SMILES string of the molecule is COc1cc2c(Nc3cnc(C)nc3C)ccnc2cc1OCCCN1CCOCC1. The van der Waals surface area contributed by atoms with Crippen LogP contribution in [0.3, 0.4) is 0 Å². The number of rotatable bonds is 8. The van der Waals surface area contributed by atoms with Crippen molar-refractivity contribution in [3.63, 3.8) is 0 Å². The van der Waals surface area contributed by atoms with E-state index in [0.29, 0.717) is 18.1 Å². The topological polar surface area (TPSA) is 81.6 Å². The van der Waals surface area contributed by atoms with Crippen molar-refractivity contribution >= 4 is 22.3 Å². The van der Waals surface area contributed by atoms with Gasteiger partial charge < -0.3 is 19.5 Å². The maximum atomic E-state index is 6.05. The minimum absolute atomic E-state index is 0.622. The number of nitrogens with one attached hydrogen (secondary N) is 1. The van der Waals surface area contributed by atoms with Crippen molar-refractivity contribution in [1.29, 1.82) is 0 Å². The minimum Gasteiger partial charge on any atom is -0.493 e. The average Bonchev–Trinajstić information content (AvgIpc) is 2.79. The Morgan fingerprint density at radius 2 is 1.94 bits per heavy atom. The predicted molar refractivity (Wildman–Crippen MR) is 120 cm³/mol. The van der Waals surface area contributed by atoms with Crippen LogP contribution in [0.4, 0.5) is 11.4 Å². The smallest absolute Gasteiger partial charge is 0.163 e. The van der Waals surface area contributed by atoms with Crippen molar-refractivity contribution in [2.75, 3.05) is 51.9 Å². The van der Waals surface area contributed by atoms with Gasteiger partial charge in [-0.1, -0.05) is 0 Å². The molecule has 2 aromatic heterocycles. The van der Waals surface area contributed by atoms with E-state index in [4.69, 9.17) is 14.2 Å². The summed E-state index contributed by atoms with van der Waals surface area (Å²) in [5.74, 6) is 2.14. The molecule has 0 saturated carbocycles. The number of fused-ring (bicyclic) bond motifs is 1. The number of nitrogens with zero attached hydrogens (tertiary/aromatic N) is 4. The third-order valence-electron chi connectivity index (χ3n) is 5.38. The molecule has 0 amide bonds. The van der Waals surface area contributed by atoms with E-state index in [1.165, 1.54) is 0 Å². The van der Waals surface area contributed by atoms with Gasteiger partial charge in [-0.15, -0.1) is 0 Å². The first-order valence-corrected chi connectivity index (χ1v) is 10.6. The van der Waals surface area contributed by atoms with Gasteiger partial charge in [0, 0.05) is 43.0 Å². The van der Waals surface area contributed by atoms with E-state index < -0.39 is 0 Å². The molecule has 3 heterocycles. The molecule has 0 aliphatic carbocycles. The highest BCUT2D eigenvalue weighted by Crippen LogP contribution is 2.35. The third kappa shape index (κ3) is 5.21. The highest BCUT2D eigenvalue weighted by molar-refractivity contribution is 5.95. The normalized spacial score (nSPS) is 14.5. The van der Waals surface area contributed by atoms with Gasteiger partial charge in [0.25, 0.3) is 0 Å². The summed E-state index contributed by atoms with van der Waals surface area (Å²) in [6.45, 7) is 9.08. The lowest BCUT2D eigenvalue weighted by molar-refractivity contribution is 0.0357. The molecule has 0 unspecified atom stereocenters. The van der Waals surface area contributed by atoms with Crippen LogP contribution < -0.4 is 14.8 Å². The molecule has 1 aromatic carbocycles. The Kier molecular flexibility index (Phi) is 6.79. The van der Waals surface area contributed by atoms with Gasteiger partial charge in [0.15, 0.2) is 11.5 Å². The number of ether oxygens (including phenoxy) is 3. The van der Waals surface area contributed by atoms with Crippen molar-refractivity contribution in [3.8, 4) is 11.5 Å². The van der Waals surface area contributed by atoms with Crippen LogP contribution in [0.1, 0.15) is 17.9 Å². The van der Waals surface area contributed by atoms with Crippen LogP contribution >= 0.6 is 0 Å². The molecular weight excluding hydrogens is 394 g/mol. The summed E-state index contributed by atoms with van der Waals surface area (Å²) >= 11 is 0. The zero-order chi connectivity index (χ0) is 21.6. The summed E-state index contributed by atoms with van der Waals surface area (Å²) in [5, 5.41) is 4.37. The van der Waals surface area contributed by atoms with Gasteiger partial charge in [-0.25, -0.2) is 9.97 Å². The summed E-state index contributed by atoms with van der Waals surface area (Å²) in [6.07, 6.45) is 4.53. The Morgan fingerprint density at radius 3 is 2.71 bits per heavy atom. The Hall–Kier alpha value is -2.97. The van der Waals surface area contributed by atoms with Gasteiger partial charge >= 0.3 is 0 Å². The number of aromatic nitrogens is 3. The van der Waals surface area contributed by atoms with Crippen LogP contribution in [0, 0.1) is 13.8 Å². The van der Waals surface area contributed by atoms with Crippen LogP contribution in [-0.4, -0.2) is 66.4 Å². The number of morpholine rings is 1. The Morgan fingerprint density at radius 1 is 1.10 bits per heavy atom. The highest BCUT2D eigenvalue weighted by Gasteiger charge is 2.13. The van der Waals surface area contributed by atoms with Gasteiger partial charge in [-0.3, -0.25) is 9.88 Å². The molecule has 8 nitrogen and oxygen atoms in total. The molecule has 1 aliphatic rings. The number of methoxy groups -OCH3 is 1. The number of aryl methyl sites for hydroxylation is 2. The summed E-state index contributed by atoms with van der Waals surface area (Å²) in [7, 11) is 1.66. The first-order chi connectivity index (χ1) is 15.1. The van der Waals surface area contributed by atoms with E-state index in [1.54, 1.807) is 19.5 Å². The zero-order valence-corrected chi connectivity index (χ0v) is 18.4. The van der Waals surface area contributed by atoms with Crippen LogP contribution in [0.25, 0.3) is 10.9 Å². The maximum absolute atomic E-state index is 6.05. The molecule has 1 aliphatic heterocycles. The molecule has 8 heteroatoms. The van der Waals surface area contributed by atoms with Crippen molar-refractivity contribution < 1.29 is 14.2 Å². The van der Waals surface area contributed by atoms with Gasteiger partial charge in [-0.2, -0.15) is 0 Å². The lowest BCUT2D eigenvalue weighted by atomic mass is 10.1. The van der Waals surface area contributed by atoms with Gasteiger partial charge in [0.05, 0.1) is 50.0 Å². The van der Waals surface area contributed by atoms with Crippen molar-refractivity contribution in [2.45, 2.75) is 20.3 Å². The van der Waals surface area contributed by atoms with Gasteiger partial charge in [0.2, 0.25) is 0 Å². The number of hydrogen-bond donors (Lipinski definition) is 1. The molecule has 0 radical (unpaired) electrons.